The van der Waals surface area contributed by atoms with Crippen LogP contribution >= 0.6 is 0 Å². The molecule has 1 aliphatic heterocycles. The average molecular weight is 245 g/mol. The van der Waals surface area contributed by atoms with Crippen molar-refractivity contribution in [2.75, 3.05) is 18.0 Å². The maximum atomic E-state index is 10.8. The van der Waals surface area contributed by atoms with E-state index >= 15 is 0 Å². The Hall–Kier alpha value is -1.97. The molecule has 1 N–H and O–H groups in total. The fourth-order valence-corrected chi connectivity index (χ4v) is 2.49. The van der Waals surface area contributed by atoms with E-state index in [4.69, 9.17) is 9.52 Å². The largest absolute Gasteiger partial charge is 0.475 e. The van der Waals surface area contributed by atoms with Crippen LogP contribution < -0.4 is 4.90 Å². The second-order valence-electron chi connectivity index (χ2n) is 5.66. The number of hydrogen-bond donors (Lipinski definition) is 1. The molecule has 1 aliphatic rings. The first kappa shape index (κ1) is 11.1. The van der Waals surface area contributed by atoms with Gasteiger partial charge < -0.3 is 14.4 Å². The lowest BCUT2D eigenvalue weighted by molar-refractivity contribution is 0.0665. The molecule has 4 nitrogen and oxygen atoms in total. The molecule has 94 valence electrons. The Kier molecular flexibility index (Phi) is 2.17. The smallest absolute Gasteiger partial charge is 0.371 e. The predicted octanol–water partition coefficient (Wildman–Crippen LogP) is 2.98. The van der Waals surface area contributed by atoms with Crippen molar-refractivity contribution in [3.05, 3.63) is 30.0 Å². The molecule has 0 unspecified atom stereocenters. The van der Waals surface area contributed by atoms with Gasteiger partial charge in [-0.2, -0.15) is 0 Å². The van der Waals surface area contributed by atoms with Gasteiger partial charge >= 0.3 is 5.97 Å². The highest BCUT2D eigenvalue weighted by molar-refractivity contribution is 5.92. The van der Waals surface area contributed by atoms with Crippen LogP contribution in [0.3, 0.4) is 0 Å². The third-order valence-electron chi connectivity index (χ3n) is 3.32. The summed E-state index contributed by atoms with van der Waals surface area (Å²) in [5, 5.41) is 9.72. The summed E-state index contributed by atoms with van der Waals surface area (Å²) in [6.45, 7) is 6.50. The fraction of sp³-hybridized carbons (Fsp3) is 0.357. The van der Waals surface area contributed by atoms with Crippen LogP contribution in [-0.2, 0) is 0 Å². The minimum absolute atomic E-state index is 0.00825. The van der Waals surface area contributed by atoms with E-state index in [1.165, 1.54) is 0 Å². The van der Waals surface area contributed by atoms with Crippen LogP contribution in [0.4, 0.5) is 5.69 Å². The molecule has 0 radical (unpaired) electrons. The molecular formula is C14H15NO3. The van der Waals surface area contributed by atoms with Gasteiger partial charge in [-0.3, -0.25) is 0 Å². The van der Waals surface area contributed by atoms with E-state index in [-0.39, 0.29) is 5.76 Å². The van der Waals surface area contributed by atoms with Crippen molar-refractivity contribution < 1.29 is 14.3 Å². The van der Waals surface area contributed by atoms with Gasteiger partial charge in [0.15, 0.2) is 0 Å². The van der Waals surface area contributed by atoms with Crippen LogP contribution in [0, 0.1) is 5.41 Å². The highest BCUT2D eigenvalue weighted by Gasteiger charge is 2.34. The minimum atomic E-state index is -1.03. The van der Waals surface area contributed by atoms with Gasteiger partial charge in [-0.05, 0) is 23.6 Å². The number of hydrogen-bond acceptors (Lipinski definition) is 3. The van der Waals surface area contributed by atoms with E-state index in [1.807, 2.05) is 18.2 Å². The number of nitrogens with zero attached hydrogens (tertiary/aromatic N) is 1. The van der Waals surface area contributed by atoms with Crippen molar-refractivity contribution in [1.82, 2.24) is 0 Å². The summed E-state index contributed by atoms with van der Waals surface area (Å²) in [6, 6.07) is 7.39. The molecule has 18 heavy (non-hydrogen) atoms. The number of rotatable bonds is 2. The molecule has 1 fully saturated rings. The normalized spacial score (nSPS) is 17.8. The number of anilines is 1. The Bertz CT molecular complexity index is 619. The number of carbonyl (C=O) groups is 1. The zero-order chi connectivity index (χ0) is 12.9. The van der Waals surface area contributed by atoms with Crippen molar-refractivity contribution >= 4 is 22.6 Å². The molecule has 1 aromatic carbocycles. The molecular weight excluding hydrogens is 230 g/mol. The van der Waals surface area contributed by atoms with Gasteiger partial charge in [0, 0.05) is 30.2 Å². The molecule has 2 heterocycles. The van der Waals surface area contributed by atoms with Gasteiger partial charge in [0.05, 0.1) is 0 Å². The van der Waals surface area contributed by atoms with Crippen molar-refractivity contribution in [2.45, 2.75) is 13.8 Å². The van der Waals surface area contributed by atoms with E-state index in [1.54, 1.807) is 6.07 Å². The Balaban J connectivity index is 1.94. The molecule has 3 rings (SSSR count). The SMILES string of the molecule is CC1(C)CN(c2ccc3cc(C(=O)O)oc3c2)C1. The van der Waals surface area contributed by atoms with E-state index in [9.17, 15) is 4.79 Å². The summed E-state index contributed by atoms with van der Waals surface area (Å²) in [4.78, 5) is 13.1. The Labute approximate surface area is 105 Å². The molecule has 0 aliphatic carbocycles. The molecule has 1 aromatic heterocycles. The summed E-state index contributed by atoms with van der Waals surface area (Å²) in [5.74, 6) is -1.04. The lowest BCUT2D eigenvalue weighted by Crippen LogP contribution is -2.53. The first-order valence-electron chi connectivity index (χ1n) is 5.96. The standard InChI is InChI=1S/C14H15NO3/c1-14(2)7-15(8-14)10-4-3-9-5-12(13(16)17)18-11(9)6-10/h3-6H,7-8H2,1-2H3,(H,16,17). The summed E-state index contributed by atoms with van der Waals surface area (Å²) >= 11 is 0. The number of carboxylic acids is 1. The quantitative estimate of drug-likeness (QED) is 0.883. The van der Waals surface area contributed by atoms with Crippen LogP contribution in [-0.4, -0.2) is 24.2 Å². The zero-order valence-electron chi connectivity index (χ0n) is 10.4. The zero-order valence-corrected chi connectivity index (χ0v) is 10.4. The van der Waals surface area contributed by atoms with Gasteiger partial charge in [0.2, 0.25) is 5.76 Å². The van der Waals surface area contributed by atoms with Gasteiger partial charge in [0.1, 0.15) is 5.58 Å². The molecule has 0 spiro atoms. The number of fused-ring (bicyclic) bond motifs is 1. The summed E-state index contributed by atoms with van der Waals surface area (Å²) in [6.07, 6.45) is 0. The topological polar surface area (TPSA) is 53.7 Å². The first-order chi connectivity index (χ1) is 8.44. The summed E-state index contributed by atoms with van der Waals surface area (Å²) < 4.78 is 5.31. The Morgan fingerprint density at radius 1 is 1.33 bits per heavy atom. The van der Waals surface area contributed by atoms with E-state index in [0.29, 0.717) is 11.0 Å². The van der Waals surface area contributed by atoms with E-state index in [2.05, 4.69) is 18.7 Å². The van der Waals surface area contributed by atoms with Gasteiger partial charge in [-0.1, -0.05) is 13.8 Å². The molecule has 0 saturated carbocycles. The fourth-order valence-electron chi connectivity index (χ4n) is 2.49. The number of furan rings is 1. The maximum Gasteiger partial charge on any atom is 0.371 e. The van der Waals surface area contributed by atoms with E-state index < -0.39 is 5.97 Å². The van der Waals surface area contributed by atoms with Gasteiger partial charge in [-0.15, -0.1) is 0 Å². The lowest BCUT2D eigenvalue weighted by Gasteiger charge is -2.47. The van der Waals surface area contributed by atoms with Crippen LogP contribution in [0.15, 0.2) is 28.7 Å². The highest BCUT2D eigenvalue weighted by Crippen LogP contribution is 2.35. The molecule has 4 heteroatoms. The lowest BCUT2D eigenvalue weighted by atomic mass is 9.84. The molecule has 2 aromatic rings. The van der Waals surface area contributed by atoms with Crippen LogP contribution in [0.1, 0.15) is 24.4 Å². The molecule has 0 amide bonds. The van der Waals surface area contributed by atoms with Crippen LogP contribution in [0.2, 0.25) is 0 Å². The number of carboxylic acid groups (broad SMARTS) is 1. The second kappa shape index (κ2) is 3.51. The maximum absolute atomic E-state index is 10.8. The third-order valence-corrected chi connectivity index (χ3v) is 3.32. The van der Waals surface area contributed by atoms with Crippen molar-refractivity contribution in [2.24, 2.45) is 5.41 Å². The number of benzene rings is 1. The Morgan fingerprint density at radius 3 is 2.67 bits per heavy atom. The highest BCUT2D eigenvalue weighted by atomic mass is 16.4. The van der Waals surface area contributed by atoms with Crippen molar-refractivity contribution in [3.8, 4) is 0 Å². The minimum Gasteiger partial charge on any atom is -0.475 e. The Morgan fingerprint density at radius 2 is 2.06 bits per heavy atom. The third kappa shape index (κ3) is 1.74. The summed E-state index contributed by atoms with van der Waals surface area (Å²) in [5.41, 5.74) is 2.09. The summed E-state index contributed by atoms with van der Waals surface area (Å²) in [7, 11) is 0. The molecule has 0 bridgehead atoms. The van der Waals surface area contributed by atoms with Crippen LogP contribution in [0.5, 0.6) is 0 Å². The van der Waals surface area contributed by atoms with Crippen molar-refractivity contribution in [3.63, 3.8) is 0 Å². The number of aromatic carboxylic acids is 1. The van der Waals surface area contributed by atoms with E-state index in [0.717, 1.165) is 24.2 Å². The van der Waals surface area contributed by atoms with Crippen LogP contribution in [0.25, 0.3) is 11.0 Å². The first-order valence-corrected chi connectivity index (χ1v) is 5.96. The molecule has 1 saturated heterocycles. The monoisotopic (exact) mass is 245 g/mol. The second-order valence-corrected chi connectivity index (χ2v) is 5.66. The predicted molar refractivity (Wildman–Crippen MR) is 69.2 cm³/mol. The van der Waals surface area contributed by atoms with Gasteiger partial charge in [0.25, 0.3) is 0 Å². The van der Waals surface area contributed by atoms with Gasteiger partial charge in [-0.25, -0.2) is 4.79 Å². The van der Waals surface area contributed by atoms with Crippen molar-refractivity contribution in [1.29, 1.82) is 0 Å². The molecule has 0 atom stereocenters. The average Bonchev–Trinajstić information content (AvgIpc) is 2.68.